The molecule has 0 heterocycles. The van der Waals surface area contributed by atoms with Gasteiger partial charge in [-0.1, -0.05) is 5.16 Å². The van der Waals surface area contributed by atoms with E-state index in [-0.39, 0.29) is 0 Å². The molecule has 15 heavy (non-hydrogen) atoms. The van der Waals surface area contributed by atoms with Crippen LogP contribution >= 0.6 is 11.8 Å². The third-order valence-electron chi connectivity index (χ3n) is 2.85. The lowest BCUT2D eigenvalue weighted by atomic mass is 10.2. The molecule has 0 unspecified atom stereocenters. The lowest BCUT2D eigenvalue weighted by Gasteiger charge is -2.12. The number of rotatable bonds is 8. The SMILES string of the molecule is CSC1(CNCCCCC(N)=NO)CC1. The number of unbranched alkanes of at least 4 members (excludes halogenated alkanes) is 1. The molecule has 1 saturated carbocycles. The lowest BCUT2D eigenvalue weighted by molar-refractivity contribution is 0.316. The Kier molecular flexibility index (Phi) is 5.25. The number of nitrogens with one attached hydrogen (secondary N) is 1. The van der Waals surface area contributed by atoms with Gasteiger partial charge in [-0.15, -0.1) is 0 Å². The van der Waals surface area contributed by atoms with Crippen molar-refractivity contribution >= 4 is 17.6 Å². The summed E-state index contributed by atoms with van der Waals surface area (Å²) in [6.07, 6.45) is 7.64. The zero-order chi connectivity index (χ0) is 11.1. The highest BCUT2D eigenvalue weighted by Gasteiger charge is 2.41. The van der Waals surface area contributed by atoms with Gasteiger partial charge in [-0.05, 0) is 38.5 Å². The van der Waals surface area contributed by atoms with Crippen molar-refractivity contribution in [3.8, 4) is 0 Å². The fourth-order valence-electron chi connectivity index (χ4n) is 1.51. The molecule has 5 heteroatoms. The van der Waals surface area contributed by atoms with E-state index < -0.39 is 0 Å². The van der Waals surface area contributed by atoms with Crippen molar-refractivity contribution < 1.29 is 5.21 Å². The summed E-state index contributed by atoms with van der Waals surface area (Å²) in [6.45, 7) is 2.15. The number of nitrogens with zero attached hydrogens (tertiary/aromatic N) is 1. The third kappa shape index (κ3) is 4.75. The molecule has 1 fully saturated rings. The second-order valence-corrected chi connectivity index (χ2v) is 5.39. The summed E-state index contributed by atoms with van der Waals surface area (Å²) < 4.78 is 0.547. The minimum Gasteiger partial charge on any atom is -0.409 e. The van der Waals surface area contributed by atoms with Crippen molar-refractivity contribution in [2.45, 2.75) is 36.9 Å². The Morgan fingerprint density at radius 1 is 1.53 bits per heavy atom. The van der Waals surface area contributed by atoms with Crippen LogP contribution in [-0.2, 0) is 0 Å². The van der Waals surface area contributed by atoms with Gasteiger partial charge in [0.15, 0.2) is 0 Å². The van der Waals surface area contributed by atoms with Gasteiger partial charge in [0, 0.05) is 17.7 Å². The molecular formula is C10H21N3OS. The predicted molar refractivity (Wildman–Crippen MR) is 65.6 cm³/mol. The number of hydrogen-bond acceptors (Lipinski definition) is 4. The molecule has 88 valence electrons. The second-order valence-electron chi connectivity index (χ2n) is 4.11. The van der Waals surface area contributed by atoms with Crippen molar-refractivity contribution in [2.75, 3.05) is 19.3 Å². The van der Waals surface area contributed by atoms with Gasteiger partial charge >= 0.3 is 0 Å². The number of hydrogen-bond donors (Lipinski definition) is 3. The van der Waals surface area contributed by atoms with Gasteiger partial charge in [-0.3, -0.25) is 0 Å². The zero-order valence-electron chi connectivity index (χ0n) is 9.33. The highest BCUT2D eigenvalue weighted by atomic mass is 32.2. The first-order valence-electron chi connectivity index (χ1n) is 5.45. The van der Waals surface area contributed by atoms with Crippen LogP contribution in [-0.4, -0.2) is 35.1 Å². The standard InChI is InChI=1S/C10H21N3OS/c1-15-10(5-6-10)8-12-7-3-2-4-9(11)13-14/h12,14H,2-8H2,1H3,(H2,11,13). The lowest BCUT2D eigenvalue weighted by Crippen LogP contribution is -2.26. The second kappa shape index (κ2) is 6.23. The van der Waals surface area contributed by atoms with E-state index in [0.717, 1.165) is 25.9 Å². The molecule has 0 amide bonds. The topological polar surface area (TPSA) is 70.6 Å². The highest BCUT2D eigenvalue weighted by molar-refractivity contribution is 8.00. The Hall–Kier alpha value is -0.420. The van der Waals surface area contributed by atoms with E-state index in [1.54, 1.807) is 0 Å². The normalized spacial score (nSPS) is 19.1. The molecule has 1 rings (SSSR count). The van der Waals surface area contributed by atoms with Gasteiger partial charge in [-0.2, -0.15) is 11.8 Å². The van der Waals surface area contributed by atoms with Crippen LogP contribution in [0.1, 0.15) is 32.1 Å². The van der Waals surface area contributed by atoms with Gasteiger partial charge in [0.25, 0.3) is 0 Å². The van der Waals surface area contributed by atoms with E-state index in [1.165, 1.54) is 12.8 Å². The molecule has 0 aromatic rings. The Morgan fingerprint density at radius 2 is 2.27 bits per heavy atom. The summed E-state index contributed by atoms with van der Waals surface area (Å²) in [6, 6.07) is 0. The fourth-order valence-corrected chi connectivity index (χ4v) is 2.27. The van der Waals surface area contributed by atoms with Gasteiger partial charge in [0.1, 0.15) is 5.84 Å². The van der Waals surface area contributed by atoms with E-state index in [0.29, 0.717) is 17.0 Å². The van der Waals surface area contributed by atoms with E-state index in [9.17, 15) is 0 Å². The van der Waals surface area contributed by atoms with Crippen LogP contribution in [0.3, 0.4) is 0 Å². The van der Waals surface area contributed by atoms with E-state index in [4.69, 9.17) is 10.9 Å². The molecule has 0 atom stereocenters. The van der Waals surface area contributed by atoms with Crippen LogP contribution in [0.25, 0.3) is 0 Å². The maximum absolute atomic E-state index is 8.33. The number of thioether (sulfide) groups is 1. The van der Waals surface area contributed by atoms with Crippen molar-refractivity contribution in [3.05, 3.63) is 0 Å². The van der Waals surface area contributed by atoms with Gasteiger partial charge < -0.3 is 16.3 Å². The van der Waals surface area contributed by atoms with Crippen molar-refractivity contribution in [1.82, 2.24) is 5.32 Å². The molecule has 0 radical (unpaired) electrons. The number of nitrogens with two attached hydrogens (primary N) is 1. The molecule has 0 aliphatic heterocycles. The Balaban J connectivity index is 1.89. The maximum Gasteiger partial charge on any atom is 0.139 e. The van der Waals surface area contributed by atoms with Crippen LogP contribution in [0.4, 0.5) is 0 Å². The molecular weight excluding hydrogens is 210 g/mol. The molecule has 1 aliphatic carbocycles. The largest absolute Gasteiger partial charge is 0.409 e. The highest BCUT2D eigenvalue weighted by Crippen LogP contribution is 2.46. The van der Waals surface area contributed by atoms with Crippen molar-refractivity contribution in [3.63, 3.8) is 0 Å². The molecule has 0 bridgehead atoms. The van der Waals surface area contributed by atoms with Crippen molar-refractivity contribution in [1.29, 1.82) is 0 Å². The first-order valence-corrected chi connectivity index (χ1v) is 6.67. The summed E-state index contributed by atoms with van der Waals surface area (Å²) in [5, 5.41) is 14.7. The van der Waals surface area contributed by atoms with E-state index >= 15 is 0 Å². The minimum atomic E-state index is 0.331. The Labute approximate surface area is 95.7 Å². The van der Waals surface area contributed by atoms with Crippen molar-refractivity contribution in [2.24, 2.45) is 10.9 Å². The van der Waals surface area contributed by atoms with Crippen LogP contribution in [0.15, 0.2) is 5.16 Å². The Bertz CT molecular complexity index is 217. The molecule has 0 saturated heterocycles. The first-order chi connectivity index (χ1) is 7.22. The van der Waals surface area contributed by atoms with E-state index in [2.05, 4.69) is 16.7 Å². The van der Waals surface area contributed by atoms with Crippen LogP contribution in [0.2, 0.25) is 0 Å². The monoisotopic (exact) mass is 231 g/mol. The average molecular weight is 231 g/mol. The molecule has 0 aromatic heterocycles. The average Bonchev–Trinajstić information content (AvgIpc) is 3.03. The summed E-state index contributed by atoms with van der Waals surface area (Å²) in [5.74, 6) is 0.331. The Morgan fingerprint density at radius 3 is 2.80 bits per heavy atom. The van der Waals surface area contributed by atoms with Gasteiger partial charge in [0.2, 0.25) is 0 Å². The van der Waals surface area contributed by atoms with Crippen LogP contribution < -0.4 is 11.1 Å². The molecule has 0 spiro atoms. The minimum absolute atomic E-state index is 0.331. The molecule has 4 N–H and O–H groups in total. The fraction of sp³-hybridized carbons (Fsp3) is 0.900. The summed E-state index contributed by atoms with van der Waals surface area (Å²) in [5.41, 5.74) is 5.36. The quantitative estimate of drug-likeness (QED) is 0.194. The first kappa shape index (κ1) is 12.6. The summed E-state index contributed by atoms with van der Waals surface area (Å²) in [4.78, 5) is 0. The number of oxime groups is 1. The smallest absolute Gasteiger partial charge is 0.139 e. The van der Waals surface area contributed by atoms with E-state index in [1.807, 2.05) is 11.8 Å². The number of amidine groups is 1. The predicted octanol–water partition coefficient (Wildman–Crippen LogP) is 1.39. The van der Waals surface area contributed by atoms with Gasteiger partial charge in [-0.25, -0.2) is 0 Å². The molecule has 4 nitrogen and oxygen atoms in total. The summed E-state index contributed by atoms with van der Waals surface area (Å²) >= 11 is 1.98. The summed E-state index contributed by atoms with van der Waals surface area (Å²) in [7, 11) is 0. The van der Waals surface area contributed by atoms with Crippen LogP contribution in [0, 0.1) is 0 Å². The third-order valence-corrected chi connectivity index (χ3v) is 4.27. The van der Waals surface area contributed by atoms with Crippen LogP contribution in [0.5, 0.6) is 0 Å². The zero-order valence-corrected chi connectivity index (χ0v) is 10.1. The van der Waals surface area contributed by atoms with Gasteiger partial charge in [0.05, 0.1) is 0 Å². The molecule has 1 aliphatic rings. The maximum atomic E-state index is 8.33. The molecule has 0 aromatic carbocycles.